The van der Waals surface area contributed by atoms with Gasteiger partial charge in [0.25, 0.3) is 0 Å². The van der Waals surface area contributed by atoms with Crippen LogP contribution in [0.4, 0.5) is 0 Å². The molecule has 0 aliphatic heterocycles. The van der Waals surface area contributed by atoms with E-state index in [-0.39, 0.29) is 6.42 Å². The Labute approximate surface area is 103 Å². The summed E-state index contributed by atoms with van der Waals surface area (Å²) >= 11 is 0. The first-order valence-corrected chi connectivity index (χ1v) is 6.11. The van der Waals surface area contributed by atoms with Crippen LogP contribution in [0.15, 0.2) is 12.7 Å². The molecule has 0 aromatic heterocycles. The van der Waals surface area contributed by atoms with Crippen molar-refractivity contribution in [3.63, 3.8) is 0 Å². The van der Waals surface area contributed by atoms with Crippen LogP contribution in [-0.4, -0.2) is 23.7 Å². The summed E-state index contributed by atoms with van der Waals surface area (Å²) in [6.07, 6.45) is 5.55. The third kappa shape index (κ3) is 8.48. The number of hydrogen-bond acceptors (Lipinski definition) is 3. The van der Waals surface area contributed by atoms with E-state index in [0.29, 0.717) is 13.0 Å². The third-order valence-electron chi connectivity index (χ3n) is 2.48. The molecule has 1 atom stereocenters. The molecule has 0 saturated carbocycles. The van der Waals surface area contributed by atoms with E-state index in [2.05, 4.69) is 6.58 Å². The highest BCUT2D eigenvalue weighted by Gasteiger charge is 2.21. The Kier molecular flexibility index (Phi) is 9.11. The molecule has 4 heteroatoms. The Hall–Kier alpha value is -1.32. The highest BCUT2D eigenvalue weighted by molar-refractivity contribution is 5.78. The second-order valence-electron chi connectivity index (χ2n) is 4.03. The Balaban J connectivity index is 3.86. The van der Waals surface area contributed by atoms with Crippen molar-refractivity contribution in [3.8, 4) is 0 Å². The van der Waals surface area contributed by atoms with Gasteiger partial charge in [-0.15, -0.1) is 6.58 Å². The van der Waals surface area contributed by atoms with Crippen LogP contribution in [0.3, 0.4) is 0 Å². The normalized spacial score (nSPS) is 11.8. The zero-order chi connectivity index (χ0) is 13.1. The topological polar surface area (TPSA) is 63.6 Å². The van der Waals surface area contributed by atoms with Crippen molar-refractivity contribution in [2.45, 2.75) is 45.4 Å². The number of aliphatic carboxylic acids is 1. The summed E-state index contributed by atoms with van der Waals surface area (Å²) in [5.41, 5.74) is 0. The number of carboxylic acid groups (broad SMARTS) is 1. The number of esters is 1. The molecule has 1 N–H and O–H groups in total. The fourth-order valence-electron chi connectivity index (χ4n) is 1.44. The predicted molar refractivity (Wildman–Crippen MR) is 65.7 cm³/mol. The van der Waals surface area contributed by atoms with Gasteiger partial charge in [-0.05, 0) is 19.3 Å². The lowest BCUT2D eigenvalue weighted by atomic mass is 9.99. The van der Waals surface area contributed by atoms with Crippen LogP contribution in [0.2, 0.25) is 0 Å². The molecule has 0 spiro atoms. The molecule has 98 valence electrons. The van der Waals surface area contributed by atoms with Gasteiger partial charge in [-0.3, -0.25) is 9.59 Å². The number of unbranched alkanes of at least 4 members (excludes halogenated alkanes) is 2. The first-order chi connectivity index (χ1) is 8.11. The summed E-state index contributed by atoms with van der Waals surface area (Å²) in [6, 6.07) is 0. The van der Waals surface area contributed by atoms with E-state index in [0.717, 1.165) is 25.7 Å². The molecular weight excluding hydrogens is 220 g/mol. The van der Waals surface area contributed by atoms with Crippen LogP contribution in [0.25, 0.3) is 0 Å². The zero-order valence-corrected chi connectivity index (χ0v) is 10.5. The van der Waals surface area contributed by atoms with E-state index in [9.17, 15) is 9.59 Å². The van der Waals surface area contributed by atoms with E-state index in [1.807, 2.05) is 6.92 Å². The maximum atomic E-state index is 11.4. The number of hydrogen-bond donors (Lipinski definition) is 1. The molecule has 0 radical (unpaired) electrons. The van der Waals surface area contributed by atoms with Gasteiger partial charge in [0.2, 0.25) is 0 Å². The minimum Gasteiger partial charge on any atom is -0.481 e. The molecule has 4 nitrogen and oxygen atoms in total. The summed E-state index contributed by atoms with van der Waals surface area (Å²) in [5.74, 6) is -1.94. The number of allylic oxidation sites excluding steroid dienone is 1. The van der Waals surface area contributed by atoms with E-state index < -0.39 is 17.9 Å². The van der Waals surface area contributed by atoms with Crippen LogP contribution in [0, 0.1) is 5.92 Å². The van der Waals surface area contributed by atoms with Crippen LogP contribution in [-0.2, 0) is 14.3 Å². The van der Waals surface area contributed by atoms with E-state index in [1.54, 1.807) is 6.08 Å². The molecule has 0 amide bonds. The van der Waals surface area contributed by atoms with Crippen molar-refractivity contribution in [2.75, 3.05) is 6.61 Å². The van der Waals surface area contributed by atoms with Crippen molar-refractivity contribution in [2.24, 2.45) is 5.92 Å². The third-order valence-corrected chi connectivity index (χ3v) is 2.48. The summed E-state index contributed by atoms with van der Waals surface area (Å²) in [7, 11) is 0. The van der Waals surface area contributed by atoms with Crippen LogP contribution < -0.4 is 0 Å². The molecule has 0 unspecified atom stereocenters. The van der Waals surface area contributed by atoms with E-state index in [1.165, 1.54) is 0 Å². The Bertz CT molecular complexity index is 248. The number of carboxylic acids is 1. The van der Waals surface area contributed by atoms with Crippen LogP contribution >= 0.6 is 0 Å². The van der Waals surface area contributed by atoms with Crippen molar-refractivity contribution in [3.05, 3.63) is 12.7 Å². The fourth-order valence-corrected chi connectivity index (χ4v) is 1.44. The second kappa shape index (κ2) is 9.87. The van der Waals surface area contributed by atoms with Gasteiger partial charge in [-0.2, -0.15) is 0 Å². The maximum absolute atomic E-state index is 11.4. The summed E-state index contributed by atoms with van der Waals surface area (Å²) in [4.78, 5) is 22.3. The Morgan fingerprint density at radius 3 is 2.65 bits per heavy atom. The van der Waals surface area contributed by atoms with Gasteiger partial charge in [0.15, 0.2) is 0 Å². The minimum absolute atomic E-state index is 0.0244. The highest BCUT2D eigenvalue weighted by atomic mass is 16.5. The van der Waals surface area contributed by atoms with Gasteiger partial charge in [0, 0.05) is 0 Å². The number of ether oxygens (including phenoxy) is 1. The van der Waals surface area contributed by atoms with Crippen molar-refractivity contribution < 1.29 is 19.4 Å². The molecule has 0 bridgehead atoms. The lowest BCUT2D eigenvalue weighted by Gasteiger charge is -2.11. The number of rotatable bonds is 10. The largest absolute Gasteiger partial charge is 0.481 e. The average molecular weight is 242 g/mol. The molecule has 0 heterocycles. The first-order valence-electron chi connectivity index (χ1n) is 6.11. The molecule has 0 aliphatic rings. The first kappa shape index (κ1) is 15.7. The zero-order valence-electron chi connectivity index (χ0n) is 10.5. The van der Waals surface area contributed by atoms with E-state index >= 15 is 0 Å². The molecule has 0 fully saturated rings. The molecule has 0 saturated heterocycles. The van der Waals surface area contributed by atoms with Gasteiger partial charge in [-0.25, -0.2) is 0 Å². The lowest BCUT2D eigenvalue weighted by Crippen LogP contribution is -2.19. The second-order valence-corrected chi connectivity index (χ2v) is 4.03. The van der Waals surface area contributed by atoms with Crippen LogP contribution in [0.5, 0.6) is 0 Å². The SMILES string of the molecule is C=CCCCOC(=O)C[C@@H](CCCC)C(=O)O. The van der Waals surface area contributed by atoms with Gasteiger partial charge in [0.1, 0.15) is 0 Å². The smallest absolute Gasteiger partial charge is 0.307 e. The Morgan fingerprint density at radius 2 is 2.12 bits per heavy atom. The monoisotopic (exact) mass is 242 g/mol. The van der Waals surface area contributed by atoms with Gasteiger partial charge < -0.3 is 9.84 Å². The van der Waals surface area contributed by atoms with Crippen LogP contribution in [0.1, 0.15) is 45.4 Å². The molecule has 0 aromatic rings. The van der Waals surface area contributed by atoms with E-state index in [4.69, 9.17) is 9.84 Å². The van der Waals surface area contributed by atoms with Gasteiger partial charge >= 0.3 is 11.9 Å². The van der Waals surface area contributed by atoms with Crippen molar-refractivity contribution >= 4 is 11.9 Å². The quantitative estimate of drug-likeness (QED) is 0.363. The lowest BCUT2D eigenvalue weighted by molar-refractivity contribution is -0.151. The Morgan fingerprint density at radius 1 is 1.41 bits per heavy atom. The molecule has 0 aliphatic carbocycles. The standard InChI is InChI=1S/C13H22O4/c1-3-5-7-9-17-12(14)10-11(13(15)16)8-6-4-2/h3,11H,1,4-10H2,2H3,(H,15,16)/t11-/m1/s1. The molecule has 0 aromatic carbocycles. The predicted octanol–water partition coefficient (Wildman–Crippen LogP) is 2.78. The van der Waals surface area contributed by atoms with Gasteiger partial charge in [0.05, 0.1) is 18.9 Å². The molecule has 0 rings (SSSR count). The number of carbonyl (C=O) groups is 2. The van der Waals surface area contributed by atoms with Gasteiger partial charge in [-0.1, -0.05) is 25.8 Å². The van der Waals surface area contributed by atoms with Crippen molar-refractivity contribution in [1.29, 1.82) is 0 Å². The summed E-state index contributed by atoms with van der Waals surface area (Å²) in [6.45, 7) is 5.90. The minimum atomic E-state index is -0.915. The highest BCUT2D eigenvalue weighted by Crippen LogP contribution is 2.14. The molecule has 17 heavy (non-hydrogen) atoms. The maximum Gasteiger partial charge on any atom is 0.307 e. The average Bonchev–Trinajstić information content (AvgIpc) is 2.29. The summed E-state index contributed by atoms with van der Waals surface area (Å²) in [5, 5.41) is 8.94. The fraction of sp³-hybridized carbons (Fsp3) is 0.692. The number of carbonyl (C=O) groups excluding carboxylic acids is 1. The van der Waals surface area contributed by atoms with Crippen molar-refractivity contribution in [1.82, 2.24) is 0 Å². The summed E-state index contributed by atoms with van der Waals surface area (Å²) < 4.78 is 4.95. The molecular formula is C13H22O4.